The standard InChI is InChI=1S/C15H21IN2O2/c1-15(20)7-4-9-18(10-8-15)11-14(19)17-13-6-3-2-5-12(13)16/h2-3,5-6,20H,4,7-11H2,1H3,(H,17,19). The molecule has 0 spiro atoms. The molecule has 2 N–H and O–H groups in total. The van der Waals surface area contributed by atoms with Crippen LogP contribution in [0.4, 0.5) is 5.69 Å². The third kappa shape index (κ3) is 4.71. The summed E-state index contributed by atoms with van der Waals surface area (Å²) in [6.45, 7) is 3.91. The fourth-order valence-corrected chi connectivity index (χ4v) is 2.96. The van der Waals surface area contributed by atoms with Gasteiger partial charge in [0.15, 0.2) is 0 Å². The van der Waals surface area contributed by atoms with E-state index in [2.05, 4.69) is 32.8 Å². The molecule has 1 aliphatic rings. The Morgan fingerprint density at radius 1 is 1.40 bits per heavy atom. The summed E-state index contributed by atoms with van der Waals surface area (Å²) in [6.07, 6.45) is 2.47. The van der Waals surface area contributed by atoms with Crippen LogP contribution < -0.4 is 5.32 Å². The molecule has 1 fully saturated rings. The van der Waals surface area contributed by atoms with E-state index in [9.17, 15) is 9.90 Å². The van der Waals surface area contributed by atoms with Crippen molar-refractivity contribution in [2.24, 2.45) is 0 Å². The molecule has 1 atom stereocenters. The molecule has 1 saturated heterocycles. The zero-order chi connectivity index (χ0) is 14.6. The minimum absolute atomic E-state index is 0.00987. The number of benzene rings is 1. The number of anilines is 1. The monoisotopic (exact) mass is 388 g/mol. The summed E-state index contributed by atoms with van der Waals surface area (Å²) in [5, 5.41) is 13.0. The lowest BCUT2D eigenvalue weighted by atomic mass is 9.98. The van der Waals surface area contributed by atoms with Gasteiger partial charge in [-0.05, 0) is 67.5 Å². The molecule has 4 nitrogen and oxygen atoms in total. The highest BCUT2D eigenvalue weighted by atomic mass is 127. The van der Waals surface area contributed by atoms with E-state index >= 15 is 0 Å². The van der Waals surface area contributed by atoms with Crippen molar-refractivity contribution in [3.05, 3.63) is 27.8 Å². The molecule has 110 valence electrons. The zero-order valence-electron chi connectivity index (χ0n) is 11.7. The van der Waals surface area contributed by atoms with Gasteiger partial charge in [-0.15, -0.1) is 0 Å². The average Bonchev–Trinajstić information content (AvgIpc) is 2.54. The van der Waals surface area contributed by atoms with Crippen LogP contribution in [-0.4, -0.2) is 41.1 Å². The van der Waals surface area contributed by atoms with Crippen LogP contribution in [0, 0.1) is 3.57 Å². The van der Waals surface area contributed by atoms with Crippen molar-refractivity contribution in [2.75, 3.05) is 25.0 Å². The summed E-state index contributed by atoms with van der Waals surface area (Å²) in [5.74, 6) is 0.00987. The van der Waals surface area contributed by atoms with E-state index in [-0.39, 0.29) is 5.91 Å². The smallest absolute Gasteiger partial charge is 0.238 e. The summed E-state index contributed by atoms with van der Waals surface area (Å²) in [5.41, 5.74) is 0.278. The molecule has 20 heavy (non-hydrogen) atoms. The Balaban J connectivity index is 1.87. The summed E-state index contributed by atoms with van der Waals surface area (Å²) >= 11 is 2.21. The first-order chi connectivity index (χ1) is 9.46. The molecule has 1 amide bonds. The Labute approximate surface area is 133 Å². The van der Waals surface area contributed by atoms with Gasteiger partial charge in [-0.3, -0.25) is 9.69 Å². The van der Waals surface area contributed by atoms with Crippen molar-refractivity contribution in [3.63, 3.8) is 0 Å². The predicted molar refractivity (Wildman–Crippen MR) is 88.7 cm³/mol. The number of halogens is 1. The number of para-hydroxylation sites is 1. The lowest BCUT2D eigenvalue weighted by Gasteiger charge is -2.22. The molecule has 5 heteroatoms. The number of rotatable bonds is 3. The Kier molecular flexibility index (Phi) is 5.40. The van der Waals surface area contributed by atoms with E-state index in [4.69, 9.17) is 0 Å². The van der Waals surface area contributed by atoms with Crippen LogP contribution in [0.25, 0.3) is 0 Å². The SMILES string of the molecule is CC1(O)CCCN(CC(=O)Nc2ccccc2I)CC1. The molecule has 0 aromatic heterocycles. The summed E-state index contributed by atoms with van der Waals surface area (Å²) < 4.78 is 1.04. The molecule has 1 heterocycles. The number of hydrogen-bond acceptors (Lipinski definition) is 3. The molecule has 1 aromatic carbocycles. The van der Waals surface area contributed by atoms with E-state index in [1.54, 1.807) is 0 Å². The van der Waals surface area contributed by atoms with Gasteiger partial charge in [0.25, 0.3) is 0 Å². The van der Waals surface area contributed by atoms with Crippen LogP contribution in [0.2, 0.25) is 0 Å². The van der Waals surface area contributed by atoms with Gasteiger partial charge in [0.2, 0.25) is 5.91 Å². The molecule has 1 aliphatic heterocycles. The number of nitrogens with zero attached hydrogens (tertiary/aromatic N) is 1. The van der Waals surface area contributed by atoms with Gasteiger partial charge < -0.3 is 10.4 Å². The van der Waals surface area contributed by atoms with Crippen LogP contribution in [-0.2, 0) is 4.79 Å². The molecule has 0 saturated carbocycles. The largest absolute Gasteiger partial charge is 0.390 e. The minimum Gasteiger partial charge on any atom is -0.390 e. The molecular weight excluding hydrogens is 367 g/mol. The molecule has 0 bridgehead atoms. The van der Waals surface area contributed by atoms with Crippen LogP contribution in [0.3, 0.4) is 0 Å². The summed E-state index contributed by atoms with van der Waals surface area (Å²) in [7, 11) is 0. The topological polar surface area (TPSA) is 52.6 Å². The van der Waals surface area contributed by atoms with E-state index in [0.717, 1.165) is 41.6 Å². The van der Waals surface area contributed by atoms with Crippen LogP contribution in [0.1, 0.15) is 26.2 Å². The van der Waals surface area contributed by atoms with Crippen molar-refractivity contribution in [1.29, 1.82) is 0 Å². The highest BCUT2D eigenvalue weighted by Crippen LogP contribution is 2.21. The number of nitrogens with one attached hydrogen (secondary N) is 1. The van der Waals surface area contributed by atoms with E-state index in [1.807, 2.05) is 31.2 Å². The lowest BCUT2D eigenvalue weighted by molar-refractivity contribution is -0.117. The maximum absolute atomic E-state index is 12.1. The predicted octanol–water partition coefficient (Wildman–Crippen LogP) is 2.47. The fraction of sp³-hybridized carbons (Fsp3) is 0.533. The second-order valence-corrected chi connectivity index (χ2v) is 6.82. The maximum atomic E-state index is 12.1. The minimum atomic E-state index is -0.583. The van der Waals surface area contributed by atoms with Gasteiger partial charge in [0, 0.05) is 10.1 Å². The normalized spacial score (nSPS) is 24.1. The summed E-state index contributed by atoms with van der Waals surface area (Å²) in [6, 6.07) is 7.75. The first kappa shape index (κ1) is 15.7. The van der Waals surface area contributed by atoms with Gasteiger partial charge in [-0.1, -0.05) is 12.1 Å². The third-order valence-electron chi connectivity index (χ3n) is 3.67. The fourth-order valence-electron chi connectivity index (χ4n) is 2.43. The van der Waals surface area contributed by atoms with E-state index in [0.29, 0.717) is 6.54 Å². The quantitative estimate of drug-likeness (QED) is 0.783. The van der Waals surface area contributed by atoms with Crippen LogP contribution >= 0.6 is 22.6 Å². The number of carbonyl (C=O) groups is 1. The molecule has 1 unspecified atom stereocenters. The van der Waals surface area contributed by atoms with Crippen molar-refractivity contribution in [2.45, 2.75) is 31.8 Å². The van der Waals surface area contributed by atoms with Crippen molar-refractivity contribution in [3.8, 4) is 0 Å². The van der Waals surface area contributed by atoms with Crippen molar-refractivity contribution < 1.29 is 9.90 Å². The Morgan fingerprint density at radius 3 is 2.90 bits per heavy atom. The zero-order valence-corrected chi connectivity index (χ0v) is 13.9. The molecule has 2 rings (SSSR count). The van der Waals surface area contributed by atoms with Gasteiger partial charge in [0.05, 0.1) is 17.8 Å². The van der Waals surface area contributed by atoms with Gasteiger partial charge in [0.1, 0.15) is 0 Å². The van der Waals surface area contributed by atoms with Crippen LogP contribution in [0.5, 0.6) is 0 Å². The van der Waals surface area contributed by atoms with Gasteiger partial charge >= 0.3 is 0 Å². The molecule has 0 radical (unpaired) electrons. The Bertz CT molecular complexity index is 477. The average molecular weight is 388 g/mol. The van der Waals surface area contributed by atoms with Crippen molar-refractivity contribution >= 4 is 34.2 Å². The third-order valence-corrected chi connectivity index (χ3v) is 4.61. The first-order valence-corrected chi connectivity index (χ1v) is 8.03. The molecule has 0 aliphatic carbocycles. The first-order valence-electron chi connectivity index (χ1n) is 6.95. The second-order valence-electron chi connectivity index (χ2n) is 5.65. The molecular formula is C15H21IN2O2. The maximum Gasteiger partial charge on any atom is 0.238 e. The summed E-state index contributed by atoms with van der Waals surface area (Å²) in [4.78, 5) is 14.2. The Morgan fingerprint density at radius 2 is 2.15 bits per heavy atom. The van der Waals surface area contributed by atoms with E-state index < -0.39 is 5.60 Å². The van der Waals surface area contributed by atoms with E-state index in [1.165, 1.54) is 0 Å². The van der Waals surface area contributed by atoms with Crippen molar-refractivity contribution in [1.82, 2.24) is 4.90 Å². The second kappa shape index (κ2) is 6.87. The number of hydrogen-bond donors (Lipinski definition) is 2. The lowest BCUT2D eigenvalue weighted by Crippen LogP contribution is -2.35. The van der Waals surface area contributed by atoms with Gasteiger partial charge in [-0.25, -0.2) is 0 Å². The highest BCUT2D eigenvalue weighted by molar-refractivity contribution is 14.1. The number of likely N-dealkylation sites (tertiary alicyclic amines) is 1. The number of aliphatic hydroxyl groups is 1. The van der Waals surface area contributed by atoms with Crippen LogP contribution in [0.15, 0.2) is 24.3 Å². The number of carbonyl (C=O) groups excluding carboxylic acids is 1. The Hall–Kier alpha value is -0.660. The van der Waals surface area contributed by atoms with Gasteiger partial charge in [-0.2, -0.15) is 0 Å². The highest BCUT2D eigenvalue weighted by Gasteiger charge is 2.25. The number of amides is 1. The molecule has 1 aromatic rings.